The van der Waals surface area contributed by atoms with Crippen LogP contribution < -0.4 is 15.8 Å². The van der Waals surface area contributed by atoms with Gasteiger partial charge in [0.25, 0.3) is 0 Å². The molecule has 3 N–H and O–H groups in total. The van der Waals surface area contributed by atoms with Crippen LogP contribution in [0.5, 0.6) is 5.88 Å². The topological polar surface area (TPSA) is 77.5 Å². The average Bonchev–Trinajstić information content (AvgIpc) is 2.57. The Labute approximate surface area is 108 Å². The Hall–Kier alpha value is -1.98. The Morgan fingerprint density at radius 1 is 1.61 bits per heavy atom. The van der Waals surface area contributed by atoms with Crippen LogP contribution in [0.25, 0.3) is 0 Å². The van der Waals surface area contributed by atoms with Crippen molar-refractivity contribution < 1.29 is 4.74 Å². The first kappa shape index (κ1) is 14.1. The third-order valence-electron chi connectivity index (χ3n) is 2.46. The van der Waals surface area contributed by atoms with Crippen molar-refractivity contribution in [2.45, 2.75) is 20.4 Å². The van der Waals surface area contributed by atoms with E-state index in [4.69, 9.17) is 10.5 Å². The number of nitrogens with one attached hydrogen (secondary N) is 1. The van der Waals surface area contributed by atoms with E-state index < -0.39 is 0 Å². The van der Waals surface area contributed by atoms with E-state index in [1.54, 1.807) is 11.8 Å². The lowest BCUT2D eigenvalue weighted by molar-refractivity contribution is 0.369. The number of ether oxygens (including phenoxy) is 1. The number of methoxy groups -OCH3 is 1. The summed E-state index contributed by atoms with van der Waals surface area (Å²) in [7, 11) is 3.45. The van der Waals surface area contributed by atoms with Crippen molar-refractivity contribution in [2.75, 3.05) is 13.7 Å². The van der Waals surface area contributed by atoms with Gasteiger partial charge in [-0.2, -0.15) is 5.10 Å². The summed E-state index contributed by atoms with van der Waals surface area (Å²) >= 11 is 0. The number of aromatic nitrogens is 2. The fraction of sp³-hybridized carbons (Fsp3) is 0.500. The van der Waals surface area contributed by atoms with E-state index in [1.807, 2.05) is 20.9 Å². The van der Waals surface area contributed by atoms with Gasteiger partial charge in [0, 0.05) is 13.6 Å². The van der Waals surface area contributed by atoms with E-state index in [-0.39, 0.29) is 0 Å². The summed E-state index contributed by atoms with van der Waals surface area (Å²) in [6.07, 6.45) is 0. The number of nitrogens with two attached hydrogens (primary N) is 1. The summed E-state index contributed by atoms with van der Waals surface area (Å²) in [5.41, 5.74) is 8.59. The lowest BCUT2D eigenvalue weighted by Gasteiger charge is -2.06. The fourth-order valence-electron chi connectivity index (χ4n) is 1.58. The van der Waals surface area contributed by atoms with E-state index >= 15 is 0 Å². The molecule has 0 bridgehead atoms. The summed E-state index contributed by atoms with van der Waals surface area (Å²) in [4.78, 5) is 4.26. The van der Waals surface area contributed by atoms with Gasteiger partial charge in [-0.3, -0.25) is 0 Å². The molecule has 0 fully saturated rings. The number of aliphatic imine (C=N–C) groups is 1. The Balaban J connectivity index is 2.73. The minimum absolute atomic E-state index is 0.392. The molecule has 1 aromatic rings. The van der Waals surface area contributed by atoms with Crippen LogP contribution in [0.15, 0.2) is 17.1 Å². The van der Waals surface area contributed by atoms with Gasteiger partial charge in [-0.25, -0.2) is 9.67 Å². The van der Waals surface area contributed by atoms with Crippen LogP contribution in [0.4, 0.5) is 0 Å². The highest BCUT2D eigenvalue weighted by Crippen LogP contribution is 2.21. The van der Waals surface area contributed by atoms with Gasteiger partial charge in [0.15, 0.2) is 5.96 Å². The molecule has 18 heavy (non-hydrogen) atoms. The number of nitrogens with zero attached hydrogens (tertiary/aromatic N) is 3. The minimum Gasteiger partial charge on any atom is -0.481 e. The first-order valence-corrected chi connectivity index (χ1v) is 5.70. The summed E-state index contributed by atoms with van der Waals surface area (Å²) in [5, 5.41) is 7.26. The summed E-state index contributed by atoms with van der Waals surface area (Å²) in [6, 6.07) is 0. The van der Waals surface area contributed by atoms with Crippen molar-refractivity contribution in [1.82, 2.24) is 15.1 Å². The van der Waals surface area contributed by atoms with Crippen molar-refractivity contribution in [3.63, 3.8) is 0 Å². The molecule has 0 unspecified atom stereocenters. The monoisotopic (exact) mass is 251 g/mol. The second-order valence-corrected chi connectivity index (χ2v) is 4.21. The maximum atomic E-state index is 5.75. The van der Waals surface area contributed by atoms with Crippen LogP contribution in [0.1, 0.15) is 18.2 Å². The molecule has 0 aliphatic carbocycles. The smallest absolute Gasteiger partial charge is 0.216 e. The lowest BCUT2D eigenvalue weighted by Crippen LogP contribution is -2.32. The van der Waals surface area contributed by atoms with E-state index in [9.17, 15) is 0 Å². The van der Waals surface area contributed by atoms with E-state index in [1.165, 1.54) is 0 Å². The van der Waals surface area contributed by atoms with Gasteiger partial charge >= 0.3 is 0 Å². The summed E-state index contributed by atoms with van der Waals surface area (Å²) in [6.45, 7) is 8.70. The normalized spacial score (nSPS) is 11.4. The predicted octanol–water partition coefficient (Wildman–Crippen LogP) is 0.718. The van der Waals surface area contributed by atoms with Crippen molar-refractivity contribution in [1.29, 1.82) is 0 Å². The van der Waals surface area contributed by atoms with E-state index in [0.29, 0.717) is 24.9 Å². The van der Waals surface area contributed by atoms with E-state index in [0.717, 1.165) is 16.8 Å². The fourth-order valence-corrected chi connectivity index (χ4v) is 1.58. The van der Waals surface area contributed by atoms with Gasteiger partial charge in [0.05, 0.1) is 24.9 Å². The minimum atomic E-state index is 0.392. The highest BCUT2D eigenvalue weighted by atomic mass is 16.5. The van der Waals surface area contributed by atoms with Crippen molar-refractivity contribution >= 4 is 5.96 Å². The molecule has 0 atom stereocenters. The molecule has 0 aromatic carbocycles. The van der Waals surface area contributed by atoms with Gasteiger partial charge in [-0.05, 0) is 13.8 Å². The molecule has 0 spiro atoms. The van der Waals surface area contributed by atoms with Gasteiger partial charge in [0.1, 0.15) is 0 Å². The molecule has 100 valence electrons. The van der Waals surface area contributed by atoms with Crippen LogP contribution in [0, 0.1) is 6.92 Å². The third-order valence-corrected chi connectivity index (χ3v) is 2.46. The molecule has 6 nitrogen and oxygen atoms in total. The molecule has 0 amide bonds. The quantitative estimate of drug-likeness (QED) is 0.459. The first-order valence-electron chi connectivity index (χ1n) is 5.70. The Kier molecular flexibility index (Phi) is 4.76. The van der Waals surface area contributed by atoms with Gasteiger partial charge in [-0.15, -0.1) is 0 Å². The van der Waals surface area contributed by atoms with Crippen LogP contribution in [-0.2, 0) is 13.6 Å². The SMILES string of the molecule is C=C(C)CNC(N)=NCc1c(C)nn(C)c1OC. The zero-order chi connectivity index (χ0) is 13.7. The molecule has 1 rings (SSSR count). The van der Waals surface area contributed by atoms with Crippen LogP contribution >= 0.6 is 0 Å². The number of rotatable bonds is 5. The van der Waals surface area contributed by atoms with Gasteiger partial charge in [0.2, 0.25) is 5.88 Å². The number of hydrogen-bond acceptors (Lipinski definition) is 3. The highest BCUT2D eigenvalue weighted by molar-refractivity contribution is 5.78. The number of guanidine groups is 1. The molecule has 0 aliphatic rings. The van der Waals surface area contributed by atoms with Gasteiger partial charge in [-0.1, -0.05) is 12.2 Å². The zero-order valence-electron chi connectivity index (χ0n) is 11.4. The lowest BCUT2D eigenvalue weighted by atomic mass is 10.2. The van der Waals surface area contributed by atoms with Crippen molar-refractivity contribution in [2.24, 2.45) is 17.8 Å². The molecular formula is C12H21N5O. The second kappa shape index (κ2) is 6.09. The molecule has 6 heteroatoms. The maximum Gasteiger partial charge on any atom is 0.216 e. The Morgan fingerprint density at radius 3 is 2.83 bits per heavy atom. The van der Waals surface area contributed by atoms with E-state index in [2.05, 4.69) is 22.0 Å². The molecule has 1 aromatic heterocycles. The Morgan fingerprint density at radius 2 is 2.28 bits per heavy atom. The molecule has 0 radical (unpaired) electrons. The Bertz CT molecular complexity index is 461. The largest absolute Gasteiger partial charge is 0.481 e. The molecule has 0 aliphatic heterocycles. The van der Waals surface area contributed by atoms with Gasteiger partial charge < -0.3 is 15.8 Å². The summed E-state index contributed by atoms with van der Waals surface area (Å²) < 4.78 is 6.98. The molecular weight excluding hydrogens is 230 g/mol. The van der Waals surface area contributed by atoms with Crippen molar-refractivity contribution in [3.05, 3.63) is 23.4 Å². The van der Waals surface area contributed by atoms with Crippen LogP contribution in [0.2, 0.25) is 0 Å². The molecule has 1 heterocycles. The van der Waals surface area contributed by atoms with Crippen molar-refractivity contribution in [3.8, 4) is 5.88 Å². The second-order valence-electron chi connectivity index (χ2n) is 4.21. The average molecular weight is 251 g/mol. The summed E-state index contributed by atoms with van der Waals surface area (Å²) in [5.74, 6) is 1.10. The van der Waals surface area contributed by atoms with Crippen LogP contribution in [-0.4, -0.2) is 29.4 Å². The first-order chi connectivity index (χ1) is 8.45. The predicted molar refractivity (Wildman–Crippen MR) is 72.6 cm³/mol. The molecule has 0 saturated heterocycles. The maximum absolute atomic E-state index is 5.75. The van der Waals surface area contributed by atoms with Crippen LogP contribution in [0.3, 0.4) is 0 Å². The standard InChI is InChI=1S/C12H21N5O/c1-8(2)6-14-12(13)15-7-10-9(3)16-17(4)11(10)18-5/h1,6-7H2,2-5H3,(H3,13,14,15). The highest BCUT2D eigenvalue weighted by Gasteiger charge is 2.12. The molecule has 0 saturated carbocycles. The number of aryl methyl sites for hydroxylation is 2. The zero-order valence-corrected chi connectivity index (χ0v) is 11.4. The number of hydrogen-bond donors (Lipinski definition) is 2. The third kappa shape index (κ3) is 3.51.